The van der Waals surface area contributed by atoms with Crippen LogP contribution in [0.5, 0.6) is 11.5 Å². The Morgan fingerprint density at radius 2 is 1.90 bits per heavy atom. The van der Waals surface area contributed by atoms with Gasteiger partial charge in [0.05, 0.1) is 19.0 Å². The Hall–Kier alpha value is -0.460. The third kappa shape index (κ3) is 3.23. The topological polar surface area (TPSA) is 18.5 Å². The van der Waals surface area contributed by atoms with Crippen molar-refractivity contribution in [2.75, 3.05) is 14.2 Å². The molecule has 0 bridgehead atoms. The Labute approximate surface area is 145 Å². The molecule has 0 aliphatic heterocycles. The maximum atomic E-state index is 6.30. The molecule has 0 amide bonds. The third-order valence-corrected chi connectivity index (χ3v) is 4.98. The predicted molar refractivity (Wildman–Crippen MR) is 94.5 cm³/mol. The highest BCUT2D eigenvalue weighted by Crippen LogP contribution is 2.44. The number of benzene rings is 2. The first-order valence-electron chi connectivity index (χ1n) is 5.88. The van der Waals surface area contributed by atoms with Crippen molar-refractivity contribution in [2.24, 2.45) is 0 Å². The summed E-state index contributed by atoms with van der Waals surface area (Å²) in [6, 6.07) is 12.1. The van der Waals surface area contributed by atoms with Gasteiger partial charge in [0, 0.05) is 9.13 Å². The lowest BCUT2D eigenvalue weighted by molar-refractivity contribution is 0.392. The van der Waals surface area contributed by atoms with Crippen molar-refractivity contribution in [2.45, 2.75) is 4.83 Å². The average Bonchev–Trinajstić information content (AvgIpc) is 2.46. The van der Waals surface area contributed by atoms with Gasteiger partial charge in [-0.3, -0.25) is 0 Å². The highest BCUT2D eigenvalue weighted by molar-refractivity contribution is 14.1. The van der Waals surface area contributed by atoms with Crippen molar-refractivity contribution >= 4 is 50.1 Å². The highest BCUT2D eigenvalue weighted by Gasteiger charge is 2.20. The second-order valence-electron chi connectivity index (χ2n) is 4.12. The lowest BCUT2D eigenvalue weighted by Gasteiger charge is -2.17. The van der Waals surface area contributed by atoms with Gasteiger partial charge in [-0.25, -0.2) is 0 Å². The molecule has 0 heterocycles. The Bertz CT molecular complexity index is 619. The standard InChI is InChI=1S/C15H13BrClIO2/c1-19-12-7-6-11(15(20-2)14(12)17)13(16)9-4-3-5-10(18)8-9/h3-8,13H,1-2H3. The van der Waals surface area contributed by atoms with Crippen LogP contribution in [0.25, 0.3) is 0 Å². The molecule has 2 aromatic carbocycles. The Morgan fingerprint density at radius 3 is 2.50 bits per heavy atom. The van der Waals surface area contributed by atoms with Crippen LogP contribution >= 0.6 is 50.1 Å². The molecule has 1 atom stereocenters. The smallest absolute Gasteiger partial charge is 0.145 e. The van der Waals surface area contributed by atoms with E-state index >= 15 is 0 Å². The zero-order valence-electron chi connectivity index (χ0n) is 11.0. The number of ether oxygens (including phenoxy) is 2. The van der Waals surface area contributed by atoms with Crippen LogP contribution in [0.4, 0.5) is 0 Å². The van der Waals surface area contributed by atoms with Gasteiger partial charge in [-0.1, -0.05) is 45.7 Å². The lowest BCUT2D eigenvalue weighted by Crippen LogP contribution is -1.99. The van der Waals surface area contributed by atoms with E-state index < -0.39 is 0 Å². The number of hydrogen-bond donors (Lipinski definition) is 0. The van der Waals surface area contributed by atoms with Gasteiger partial charge in [0.1, 0.15) is 16.5 Å². The summed E-state index contributed by atoms with van der Waals surface area (Å²) in [6.45, 7) is 0. The lowest BCUT2D eigenvalue weighted by atomic mass is 10.0. The molecule has 0 saturated carbocycles. The van der Waals surface area contributed by atoms with Gasteiger partial charge in [0.15, 0.2) is 0 Å². The van der Waals surface area contributed by atoms with Crippen LogP contribution in [0.2, 0.25) is 5.02 Å². The van der Waals surface area contributed by atoms with E-state index in [-0.39, 0.29) is 4.83 Å². The summed E-state index contributed by atoms with van der Waals surface area (Å²) in [5.74, 6) is 1.24. The molecule has 0 aliphatic carbocycles. The molecule has 0 radical (unpaired) electrons. The fourth-order valence-electron chi connectivity index (χ4n) is 1.96. The van der Waals surface area contributed by atoms with Gasteiger partial charge in [-0.05, 0) is 46.4 Å². The van der Waals surface area contributed by atoms with Crippen molar-refractivity contribution in [1.82, 2.24) is 0 Å². The molecule has 20 heavy (non-hydrogen) atoms. The molecular weight excluding hydrogens is 454 g/mol. The van der Waals surface area contributed by atoms with E-state index in [0.717, 1.165) is 11.1 Å². The minimum absolute atomic E-state index is 0.00979. The monoisotopic (exact) mass is 466 g/mol. The van der Waals surface area contributed by atoms with E-state index in [1.54, 1.807) is 14.2 Å². The molecule has 5 heteroatoms. The number of alkyl halides is 1. The van der Waals surface area contributed by atoms with Crippen molar-refractivity contribution in [3.8, 4) is 11.5 Å². The average molecular weight is 468 g/mol. The van der Waals surface area contributed by atoms with Crippen LogP contribution in [-0.2, 0) is 0 Å². The van der Waals surface area contributed by atoms with Gasteiger partial charge in [-0.2, -0.15) is 0 Å². The maximum Gasteiger partial charge on any atom is 0.145 e. The summed E-state index contributed by atoms with van der Waals surface area (Å²) in [7, 11) is 3.20. The molecule has 0 aromatic heterocycles. The fourth-order valence-corrected chi connectivity index (χ4v) is 3.50. The Morgan fingerprint density at radius 1 is 1.15 bits per heavy atom. The van der Waals surface area contributed by atoms with Crippen LogP contribution < -0.4 is 9.47 Å². The van der Waals surface area contributed by atoms with Gasteiger partial charge in [0.25, 0.3) is 0 Å². The number of hydrogen-bond acceptors (Lipinski definition) is 2. The largest absolute Gasteiger partial charge is 0.495 e. The zero-order chi connectivity index (χ0) is 14.7. The molecule has 0 aliphatic rings. The number of halogens is 3. The first kappa shape index (κ1) is 15.9. The first-order valence-corrected chi connectivity index (χ1v) is 8.25. The second kappa shape index (κ2) is 7.00. The molecule has 0 N–H and O–H groups in total. The third-order valence-electron chi connectivity index (χ3n) is 2.93. The molecule has 0 fully saturated rings. The SMILES string of the molecule is COc1ccc(C(Br)c2cccc(I)c2)c(OC)c1Cl. The maximum absolute atomic E-state index is 6.30. The predicted octanol–water partition coefficient (Wildman–Crippen LogP) is 5.45. The van der Waals surface area contributed by atoms with Crippen LogP contribution in [0, 0.1) is 3.57 Å². The molecule has 0 saturated heterocycles. The molecular formula is C15H13BrClIO2. The Kier molecular flexibility index (Phi) is 5.57. The highest BCUT2D eigenvalue weighted by atomic mass is 127. The molecule has 1 unspecified atom stereocenters. The summed E-state index contributed by atoms with van der Waals surface area (Å²) in [4.78, 5) is 0.00979. The molecule has 0 spiro atoms. The summed E-state index contributed by atoms with van der Waals surface area (Å²) in [6.07, 6.45) is 0. The van der Waals surface area contributed by atoms with Crippen LogP contribution in [0.1, 0.15) is 16.0 Å². The molecule has 106 valence electrons. The zero-order valence-corrected chi connectivity index (χ0v) is 15.5. The minimum atomic E-state index is 0.00979. The van der Waals surface area contributed by atoms with E-state index in [2.05, 4.69) is 56.7 Å². The van der Waals surface area contributed by atoms with Gasteiger partial charge in [0.2, 0.25) is 0 Å². The number of rotatable bonds is 4. The Balaban J connectivity index is 2.49. The van der Waals surface area contributed by atoms with Crippen molar-refractivity contribution in [1.29, 1.82) is 0 Å². The van der Waals surface area contributed by atoms with Gasteiger partial charge >= 0.3 is 0 Å². The van der Waals surface area contributed by atoms with Crippen molar-refractivity contribution in [3.63, 3.8) is 0 Å². The van der Waals surface area contributed by atoms with E-state index in [1.165, 1.54) is 3.57 Å². The van der Waals surface area contributed by atoms with E-state index in [1.807, 2.05) is 18.2 Å². The number of methoxy groups -OCH3 is 2. The van der Waals surface area contributed by atoms with Crippen molar-refractivity contribution in [3.05, 3.63) is 56.1 Å². The van der Waals surface area contributed by atoms with Gasteiger partial charge in [-0.15, -0.1) is 0 Å². The summed E-state index contributed by atoms with van der Waals surface area (Å²) >= 11 is 12.3. The van der Waals surface area contributed by atoms with E-state index in [9.17, 15) is 0 Å². The molecule has 2 nitrogen and oxygen atoms in total. The molecule has 2 aromatic rings. The van der Waals surface area contributed by atoms with Crippen LogP contribution in [-0.4, -0.2) is 14.2 Å². The van der Waals surface area contributed by atoms with Crippen molar-refractivity contribution < 1.29 is 9.47 Å². The molecule has 2 rings (SSSR count). The summed E-state index contributed by atoms with van der Waals surface area (Å²) in [5.41, 5.74) is 2.12. The fraction of sp³-hybridized carbons (Fsp3) is 0.200. The minimum Gasteiger partial charge on any atom is -0.495 e. The van der Waals surface area contributed by atoms with Crippen LogP contribution in [0.3, 0.4) is 0 Å². The summed E-state index contributed by atoms with van der Waals surface area (Å²) < 4.78 is 11.8. The van der Waals surface area contributed by atoms with E-state index in [4.69, 9.17) is 21.1 Å². The second-order valence-corrected chi connectivity index (χ2v) is 6.66. The van der Waals surface area contributed by atoms with E-state index in [0.29, 0.717) is 16.5 Å². The quantitative estimate of drug-likeness (QED) is 0.440. The van der Waals surface area contributed by atoms with Crippen LogP contribution in [0.15, 0.2) is 36.4 Å². The first-order chi connectivity index (χ1) is 9.58. The van der Waals surface area contributed by atoms with Gasteiger partial charge < -0.3 is 9.47 Å². The normalized spacial score (nSPS) is 12.1. The summed E-state index contributed by atoms with van der Waals surface area (Å²) in [5, 5.41) is 0.488.